The summed E-state index contributed by atoms with van der Waals surface area (Å²) >= 11 is 1.22. The van der Waals surface area contributed by atoms with Crippen LogP contribution in [0.5, 0.6) is 0 Å². The number of thioether (sulfide) groups is 1. The predicted molar refractivity (Wildman–Crippen MR) is 44.6 cm³/mol. The Morgan fingerprint density at radius 3 is 2.45 bits per heavy atom. The fraction of sp³-hybridized carbons (Fsp3) is 0.714. The number of carbonyl (C=O) groups excluding carboxylic acids is 1. The second-order valence-electron chi connectivity index (χ2n) is 2.11. The number of carboxylic acids is 1. The molecular weight excluding hydrogens is 164 g/mol. The summed E-state index contributed by atoms with van der Waals surface area (Å²) in [6, 6.07) is 0. The van der Waals surface area contributed by atoms with Gasteiger partial charge >= 0.3 is 5.97 Å². The minimum absolute atomic E-state index is 0.0192. The van der Waals surface area contributed by atoms with E-state index in [-0.39, 0.29) is 18.0 Å². The van der Waals surface area contributed by atoms with E-state index in [4.69, 9.17) is 5.11 Å². The Morgan fingerprint density at radius 2 is 2.00 bits per heavy atom. The van der Waals surface area contributed by atoms with E-state index in [1.165, 1.54) is 11.8 Å². The number of hydrogen-bond acceptors (Lipinski definition) is 3. The third kappa shape index (κ3) is 7.39. The molecule has 0 unspecified atom stereocenters. The molecule has 3 nitrogen and oxygen atoms in total. The van der Waals surface area contributed by atoms with Gasteiger partial charge in [0.2, 0.25) is 0 Å². The molecule has 0 saturated heterocycles. The molecule has 0 radical (unpaired) electrons. The van der Waals surface area contributed by atoms with Gasteiger partial charge in [0.1, 0.15) is 0 Å². The van der Waals surface area contributed by atoms with Crippen molar-refractivity contribution < 1.29 is 14.7 Å². The van der Waals surface area contributed by atoms with Crippen LogP contribution in [-0.2, 0) is 9.59 Å². The molecule has 4 heteroatoms. The highest BCUT2D eigenvalue weighted by atomic mass is 32.2. The molecule has 0 fully saturated rings. The van der Waals surface area contributed by atoms with Gasteiger partial charge in [0.25, 0.3) is 0 Å². The van der Waals surface area contributed by atoms with Crippen LogP contribution in [0.15, 0.2) is 0 Å². The fourth-order valence-corrected chi connectivity index (χ4v) is 1.18. The lowest BCUT2D eigenvalue weighted by Gasteiger charge is -1.95. The maximum absolute atomic E-state index is 10.8. The Balaban J connectivity index is 3.30. The lowest BCUT2D eigenvalue weighted by molar-refractivity contribution is -0.137. The normalized spacial score (nSPS) is 9.55. The molecule has 0 heterocycles. The summed E-state index contributed by atoms with van der Waals surface area (Å²) in [5.41, 5.74) is 0. The molecule has 0 aromatic carbocycles. The summed E-state index contributed by atoms with van der Waals surface area (Å²) in [7, 11) is 0. The monoisotopic (exact) mass is 176 g/mol. The highest BCUT2D eigenvalue weighted by Gasteiger charge is 2.04. The van der Waals surface area contributed by atoms with Crippen molar-refractivity contribution in [2.75, 3.05) is 5.75 Å². The molecule has 0 rings (SSSR count). The van der Waals surface area contributed by atoms with Gasteiger partial charge in [0, 0.05) is 12.2 Å². The maximum Gasteiger partial charge on any atom is 0.303 e. The number of aliphatic carboxylic acids is 1. The quantitative estimate of drug-likeness (QED) is 0.690. The van der Waals surface area contributed by atoms with Gasteiger partial charge in [-0.25, -0.2) is 0 Å². The third-order valence-electron chi connectivity index (χ3n) is 1.01. The zero-order chi connectivity index (χ0) is 8.69. The highest BCUT2D eigenvalue weighted by molar-refractivity contribution is 8.13. The van der Waals surface area contributed by atoms with Gasteiger partial charge in [0.05, 0.1) is 6.42 Å². The van der Waals surface area contributed by atoms with E-state index in [0.717, 1.165) is 12.2 Å². The maximum atomic E-state index is 10.8. The van der Waals surface area contributed by atoms with E-state index >= 15 is 0 Å². The summed E-state index contributed by atoms with van der Waals surface area (Å²) in [6.45, 7) is 1.98. The Morgan fingerprint density at radius 1 is 1.36 bits per heavy atom. The van der Waals surface area contributed by atoms with Crippen LogP contribution in [0.2, 0.25) is 0 Å². The van der Waals surface area contributed by atoms with Gasteiger partial charge in [-0.2, -0.15) is 0 Å². The average Bonchev–Trinajstić information content (AvgIpc) is 1.97. The van der Waals surface area contributed by atoms with E-state index in [9.17, 15) is 9.59 Å². The molecule has 11 heavy (non-hydrogen) atoms. The predicted octanol–water partition coefficient (Wildman–Crippen LogP) is 1.52. The molecule has 0 atom stereocenters. The first-order valence-electron chi connectivity index (χ1n) is 3.54. The zero-order valence-corrected chi connectivity index (χ0v) is 7.32. The molecule has 0 bridgehead atoms. The van der Waals surface area contributed by atoms with Crippen molar-refractivity contribution in [1.29, 1.82) is 0 Å². The van der Waals surface area contributed by atoms with Crippen molar-refractivity contribution in [3.63, 3.8) is 0 Å². The minimum atomic E-state index is -0.907. The second-order valence-corrected chi connectivity index (χ2v) is 3.27. The van der Waals surface area contributed by atoms with Crippen molar-refractivity contribution in [2.24, 2.45) is 0 Å². The average molecular weight is 176 g/mol. The summed E-state index contributed by atoms with van der Waals surface area (Å²) in [5.74, 6) is -0.117. The Bertz CT molecular complexity index is 145. The number of rotatable bonds is 5. The summed E-state index contributed by atoms with van der Waals surface area (Å²) in [6.07, 6.45) is 1.05. The molecule has 0 aliphatic rings. The SMILES string of the molecule is CCCSC(=O)CCC(=O)O. The molecule has 64 valence electrons. The Hall–Kier alpha value is -0.510. The highest BCUT2D eigenvalue weighted by Crippen LogP contribution is 2.08. The van der Waals surface area contributed by atoms with E-state index in [1.54, 1.807) is 0 Å². The number of hydrogen-bond donors (Lipinski definition) is 1. The fourth-order valence-electron chi connectivity index (χ4n) is 0.497. The van der Waals surface area contributed by atoms with Crippen LogP contribution in [-0.4, -0.2) is 21.9 Å². The molecule has 0 spiro atoms. The van der Waals surface area contributed by atoms with Crippen LogP contribution in [0, 0.1) is 0 Å². The van der Waals surface area contributed by atoms with Crippen molar-refractivity contribution in [3.05, 3.63) is 0 Å². The smallest absolute Gasteiger partial charge is 0.303 e. The zero-order valence-electron chi connectivity index (χ0n) is 6.50. The molecule has 0 aromatic rings. The summed E-state index contributed by atoms with van der Waals surface area (Å²) in [4.78, 5) is 20.8. The molecule has 0 aliphatic heterocycles. The van der Waals surface area contributed by atoms with Crippen molar-refractivity contribution in [1.82, 2.24) is 0 Å². The third-order valence-corrected chi connectivity index (χ3v) is 2.15. The van der Waals surface area contributed by atoms with Crippen molar-refractivity contribution >= 4 is 22.8 Å². The van der Waals surface area contributed by atoms with Crippen LogP contribution in [0.25, 0.3) is 0 Å². The van der Waals surface area contributed by atoms with Gasteiger partial charge in [-0.15, -0.1) is 0 Å². The first-order chi connectivity index (χ1) is 5.16. The number of carbonyl (C=O) groups is 2. The van der Waals surface area contributed by atoms with E-state index in [2.05, 4.69) is 0 Å². The van der Waals surface area contributed by atoms with Gasteiger partial charge in [-0.1, -0.05) is 18.7 Å². The van der Waals surface area contributed by atoms with Crippen LogP contribution in [0.4, 0.5) is 0 Å². The molecular formula is C7H12O3S. The topological polar surface area (TPSA) is 54.4 Å². The standard InChI is InChI=1S/C7H12O3S/c1-2-5-11-7(10)4-3-6(8)9/h2-5H2,1H3,(H,8,9). The van der Waals surface area contributed by atoms with E-state index in [0.29, 0.717) is 0 Å². The van der Waals surface area contributed by atoms with Crippen molar-refractivity contribution in [2.45, 2.75) is 26.2 Å². The van der Waals surface area contributed by atoms with Crippen molar-refractivity contribution in [3.8, 4) is 0 Å². The van der Waals surface area contributed by atoms with Gasteiger partial charge in [-0.3, -0.25) is 9.59 Å². The largest absolute Gasteiger partial charge is 0.481 e. The minimum Gasteiger partial charge on any atom is -0.481 e. The van der Waals surface area contributed by atoms with Crippen LogP contribution < -0.4 is 0 Å². The van der Waals surface area contributed by atoms with Gasteiger partial charge in [-0.05, 0) is 6.42 Å². The molecule has 1 N–H and O–H groups in total. The summed E-state index contributed by atoms with van der Waals surface area (Å²) < 4.78 is 0. The first kappa shape index (κ1) is 10.5. The van der Waals surface area contributed by atoms with Gasteiger partial charge in [0.15, 0.2) is 5.12 Å². The molecule has 0 saturated carbocycles. The van der Waals surface area contributed by atoms with Gasteiger partial charge < -0.3 is 5.11 Å². The number of carboxylic acid groups (broad SMARTS) is 1. The first-order valence-corrected chi connectivity index (χ1v) is 4.52. The van der Waals surface area contributed by atoms with Crippen LogP contribution in [0.1, 0.15) is 26.2 Å². The molecule has 0 amide bonds. The van der Waals surface area contributed by atoms with E-state index in [1.807, 2.05) is 6.92 Å². The lowest BCUT2D eigenvalue weighted by atomic mass is 10.3. The Labute approximate surface area is 70.2 Å². The molecule has 0 aliphatic carbocycles. The van der Waals surface area contributed by atoms with Crippen LogP contribution >= 0.6 is 11.8 Å². The van der Waals surface area contributed by atoms with E-state index < -0.39 is 5.97 Å². The summed E-state index contributed by atoms with van der Waals surface area (Å²) in [5, 5.41) is 8.21. The Kier molecular flexibility index (Phi) is 5.93. The second kappa shape index (κ2) is 6.22. The molecule has 0 aromatic heterocycles. The van der Waals surface area contributed by atoms with Crippen LogP contribution in [0.3, 0.4) is 0 Å². The lowest BCUT2D eigenvalue weighted by Crippen LogP contribution is -2.00.